The van der Waals surface area contributed by atoms with Crippen LogP contribution in [0.4, 0.5) is 0 Å². The van der Waals surface area contributed by atoms with Gasteiger partial charge < -0.3 is 10.0 Å². The number of piperidine rings is 1. The summed E-state index contributed by atoms with van der Waals surface area (Å²) >= 11 is 1.49. The maximum atomic E-state index is 12.6. The summed E-state index contributed by atoms with van der Waals surface area (Å²) in [5.41, 5.74) is 2.02. The molecule has 3 rings (SSSR count). The van der Waals surface area contributed by atoms with E-state index in [2.05, 4.69) is 17.1 Å². The Morgan fingerprint density at radius 2 is 2.00 bits per heavy atom. The van der Waals surface area contributed by atoms with Crippen LogP contribution in [0.25, 0.3) is 0 Å². The number of carbonyl (C=O) groups excluding carboxylic acids is 1. The first-order chi connectivity index (χ1) is 10.6. The summed E-state index contributed by atoms with van der Waals surface area (Å²) in [5.74, 6) is 0.0567. The highest BCUT2D eigenvalue weighted by Gasteiger charge is 2.25. The maximum absolute atomic E-state index is 12.6. The van der Waals surface area contributed by atoms with Crippen LogP contribution in [0.2, 0.25) is 0 Å². The highest BCUT2D eigenvalue weighted by molar-refractivity contribution is 7.13. The summed E-state index contributed by atoms with van der Waals surface area (Å²) in [7, 11) is 0. The van der Waals surface area contributed by atoms with Gasteiger partial charge in [-0.3, -0.25) is 4.79 Å². The van der Waals surface area contributed by atoms with Crippen molar-refractivity contribution in [3.63, 3.8) is 0 Å². The van der Waals surface area contributed by atoms with Crippen molar-refractivity contribution in [2.75, 3.05) is 13.1 Å². The molecule has 1 amide bonds. The first kappa shape index (κ1) is 15.2. The lowest BCUT2D eigenvalue weighted by molar-refractivity contribution is 0.0550. The van der Waals surface area contributed by atoms with E-state index in [0.29, 0.717) is 25.9 Å². The molecule has 2 aromatic rings. The lowest BCUT2D eigenvalue weighted by Crippen LogP contribution is -2.39. The molecule has 0 spiro atoms. The Hall–Kier alpha value is -1.72. The molecule has 0 bridgehead atoms. The van der Waals surface area contributed by atoms with Gasteiger partial charge in [0.15, 0.2) is 0 Å². The fraction of sp³-hybridized carbons (Fsp3) is 0.412. The van der Waals surface area contributed by atoms with E-state index in [-0.39, 0.29) is 12.0 Å². The molecule has 22 heavy (non-hydrogen) atoms. The second-order valence-corrected chi connectivity index (χ2v) is 6.79. The highest BCUT2D eigenvalue weighted by Crippen LogP contribution is 2.24. The Morgan fingerprint density at radius 3 is 2.68 bits per heavy atom. The van der Waals surface area contributed by atoms with Crippen molar-refractivity contribution in [1.82, 2.24) is 9.88 Å². The van der Waals surface area contributed by atoms with Gasteiger partial charge in [0.25, 0.3) is 5.91 Å². The Morgan fingerprint density at radius 1 is 1.32 bits per heavy atom. The fourth-order valence-electron chi connectivity index (χ4n) is 2.71. The molecule has 1 fully saturated rings. The Kier molecular flexibility index (Phi) is 4.55. The second-order valence-electron chi connectivity index (χ2n) is 5.71. The van der Waals surface area contributed by atoms with Crippen molar-refractivity contribution in [2.24, 2.45) is 0 Å². The first-order valence-corrected chi connectivity index (χ1v) is 8.42. The zero-order valence-corrected chi connectivity index (χ0v) is 13.5. The van der Waals surface area contributed by atoms with E-state index < -0.39 is 0 Å². The van der Waals surface area contributed by atoms with Gasteiger partial charge in [0.05, 0.1) is 16.8 Å². The van der Waals surface area contributed by atoms with Gasteiger partial charge in [-0.1, -0.05) is 30.3 Å². The number of carbonyl (C=O) groups is 1. The summed E-state index contributed by atoms with van der Waals surface area (Å²) in [6, 6.07) is 10.2. The first-order valence-electron chi connectivity index (χ1n) is 7.61. The minimum atomic E-state index is -0.264. The van der Waals surface area contributed by atoms with Gasteiger partial charge in [-0.15, -0.1) is 11.3 Å². The number of nitrogens with zero attached hydrogens (tertiary/aromatic N) is 2. The molecular formula is C17H20N2O2S. The molecule has 5 heteroatoms. The molecule has 0 aliphatic carbocycles. The smallest absolute Gasteiger partial charge is 0.265 e. The number of benzene rings is 1. The van der Waals surface area contributed by atoms with Gasteiger partial charge in [-0.25, -0.2) is 4.98 Å². The Labute approximate surface area is 134 Å². The number of aryl methyl sites for hydroxylation is 1. The Bertz CT molecular complexity index is 646. The lowest BCUT2D eigenvalue weighted by Gasteiger charge is -2.29. The van der Waals surface area contributed by atoms with E-state index in [4.69, 9.17) is 0 Å². The number of hydrogen-bond acceptors (Lipinski definition) is 4. The molecule has 116 valence electrons. The predicted molar refractivity (Wildman–Crippen MR) is 87.2 cm³/mol. The third-order valence-electron chi connectivity index (χ3n) is 3.98. The van der Waals surface area contributed by atoms with E-state index in [1.807, 2.05) is 30.0 Å². The van der Waals surface area contributed by atoms with Crippen molar-refractivity contribution in [2.45, 2.75) is 32.3 Å². The number of likely N-dealkylation sites (tertiary alicyclic amines) is 1. The molecule has 4 nitrogen and oxygen atoms in total. The van der Waals surface area contributed by atoms with Crippen LogP contribution in [0, 0.1) is 6.92 Å². The van der Waals surface area contributed by atoms with E-state index >= 15 is 0 Å². The van der Waals surface area contributed by atoms with E-state index in [1.165, 1.54) is 16.9 Å². The molecule has 1 N–H and O–H groups in total. The number of aliphatic hydroxyl groups excluding tert-OH is 1. The molecular weight excluding hydrogens is 296 g/mol. The topological polar surface area (TPSA) is 53.4 Å². The van der Waals surface area contributed by atoms with E-state index in [0.717, 1.165) is 22.0 Å². The third kappa shape index (κ3) is 3.36. The lowest BCUT2D eigenvalue weighted by atomic mass is 10.1. The minimum absolute atomic E-state index is 0.0567. The average molecular weight is 316 g/mol. The molecule has 1 saturated heterocycles. The molecule has 2 heterocycles. The molecule has 0 unspecified atom stereocenters. The van der Waals surface area contributed by atoms with Crippen LogP contribution >= 0.6 is 11.3 Å². The SMILES string of the molecule is Cc1nc(Cc2ccccc2)sc1C(=O)N1CCC(O)CC1. The zero-order chi connectivity index (χ0) is 15.5. The molecule has 1 aromatic carbocycles. The van der Waals surface area contributed by atoms with Crippen LogP contribution in [-0.2, 0) is 6.42 Å². The predicted octanol–water partition coefficient (Wildman–Crippen LogP) is 2.64. The van der Waals surface area contributed by atoms with Crippen LogP contribution in [0.1, 0.15) is 38.8 Å². The van der Waals surface area contributed by atoms with E-state index in [9.17, 15) is 9.90 Å². The largest absolute Gasteiger partial charge is 0.393 e. The second kappa shape index (κ2) is 6.58. The number of hydrogen-bond donors (Lipinski definition) is 1. The zero-order valence-electron chi connectivity index (χ0n) is 12.7. The highest BCUT2D eigenvalue weighted by atomic mass is 32.1. The molecule has 0 saturated carbocycles. The molecule has 1 aliphatic rings. The number of aliphatic hydroxyl groups is 1. The summed E-state index contributed by atoms with van der Waals surface area (Å²) in [6.07, 6.45) is 1.83. The van der Waals surface area contributed by atoms with Crippen LogP contribution in [0.15, 0.2) is 30.3 Å². The maximum Gasteiger partial charge on any atom is 0.265 e. The number of thiazole rings is 1. The van der Waals surface area contributed by atoms with Gasteiger partial charge in [0, 0.05) is 19.5 Å². The number of aromatic nitrogens is 1. The van der Waals surface area contributed by atoms with E-state index in [1.54, 1.807) is 0 Å². The third-order valence-corrected chi connectivity index (χ3v) is 5.13. The van der Waals surface area contributed by atoms with Crippen molar-refractivity contribution in [1.29, 1.82) is 0 Å². The van der Waals surface area contributed by atoms with Crippen LogP contribution in [0.5, 0.6) is 0 Å². The van der Waals surface area contributed by atoms with Gasteiger partial charge in [-0.2, -0.15) is 0 Å². The quantitative estimate of drug-likeness (QED) is 0.947. The molecule has 0 radical (unpaired) electrons. The van der Waals surface area contributed by atoms with Gasteiger partial charge >= 0.3 is 0 Å². The number of amides is 1. The molecule has 1 aromatic heterocycles. The normalized spacial score (nSPS) is 16.0. The monoisotopic (exact) mass is 316 g/mol. The van der Waals surface area contributed by atoms with Crippen molar-refractivity contribution in [3.05, 3.63) is 51.5 Å². The molecule has 0 atom stereocenters. The van der Waals surface area contributed by atoms with Gasteiger partial charge in [0.2, 0.25) is 0 Å². The standard InChI is InChI=1S/C17H20N2O2S/c1-12-16(17(21)19-9-7-14(20)8-10-19)22-15(18-12)11-13-5-3-2-4-6-13/h2-6,14,20H,7-11H2,1H3. The average Bonchev–Trinajstić information content (AvgIpc) is 2.89. The summed E-state index contributed by atoms with van der Waals surface area (Å²) in [4.78, 5) is 19.7. The van der Waals surface area contributed by atoms with Crippen molar-refractivity contribution < 1.29 is 9.90 Å². The summed E-state index contributed by atoms with van der Waals surface area (Å²) in [6.45, 7) is 3.16. The van der Waals surface area contributed by atoms with Gasteiger partial charge in [0.1, 0.15) is 4.88 Å². The Balaban J connectivity index is 1.73. The number of rotatable bonds is 3. The molecule has 1 aliphatic heterocycles. The van der Waals surface area contributed by atoms with Crippen LogP contribution < -0.4 is 0 Å². The fourth-order valence-corrected chi connectivity index (χ4v) is 3.78. The van der Waals surface area contributed by atoms with Crippen molar-refractivity contribution in [3.8, 4) is 0 Å². The minimum Gasteiger partial charge on any atom is -0.393 e. The van der Waals surface area contributed by atoms with Crippen molar-refractivity contribution >= 4 is 17.2 Å². The summed E-state index contributed by atoms with van der Waals surface area (Å²) < 4.78 is 0. The van der Waals surface area contributed by atoms with Gasteiger partial charge in [-0.05, 0) is 25.3 Å². The van der Waals surface area contributed by atoms with Crippen LogP contribution in [0.3, 0.4) is 0 Å². The summed E-state index contributed by atoms with van der Waals surface area (Å²) in [5, 5.41) is 10.5. The van der Waals surface area contributed by atoms with Crippen LogP contribution in [-0.4, -0.2) is 40.1 Å².